The Morgan fingerprint density at radius 1 is 1.45 bits per heavy atom. The van der Waals surface area contributed by atoms with Gasteiger partial charge in [0.15, 0.2) is 0 Å². The molecule has 5 heteroatoms. The molecule has 0 aliphatic heterocycles. The van der Waals surface area contributed by atoms with Crippen LogP contribution in [0.2, 0.25) is 5.02 Å². The van der Waals surface area contributed by atoms with Crippen molar-refractivity contribution in [2.75, 3.05) is 18.9 Å². The molecule has 1 heterocycles. The third kappa shape index (κ3) is 3.63. The monoisotopic (exact) mass is 295 g/mol. The summed E-state index contributed by atoms with van der Waals surface area (Å²) in [4.78, 5) is 16.3. The third-order valence-corrected chi connectivity index (χ3v) is 4.47. The SMILES string of the molecule is CNc1cc(C(=O)NCC2CCCCC2C)c(Cl)cn1. The first kappa shape index (κ1) is 15.1. The molecule has 1 aromatic rings. The Morgan fingerprint density at radius 3 is 2.90 bits per heavy atom. The van der Waals surface area contributed by atoms with Crippen LogP contribution in [0.1, 0.15) is 43.0 Å². The van der Waals surface area contributed by atoms with Gasteiger partial charge in [0, 0.05) is 19.8 Å². The predicted octanol–water partition coefficient (Wildman–Crippen LogP) is 3.33. The van der Waals surface area contributed by atoms with Gasteiger partial charge >= 0.3 is 0 Å². The second kappa shape index (κ2) is 6.93. The van der Waals surface area contributed by atoms with E-state index in [-0.39, 0.29) is 5.91 Å². The molecule has 1 saturated carbocycles. The van der Waals surface area contributed by atoms with E-state index in [0.717, 1.165) is 6.54 Å². The first-order valence-corrected chi connectivity index (χ1v) is 7.61. The lowest BCUT2D eigenvalue weighted by Crippen LogP contribution is -2.33. The lowest BCUT2D eigenvalue weighted by atomic mass is 9.80. The van der Waals surface area contributed by atoms with E-state index >= 15 is 0 Å². The number of nitrogens with one attached hydrogen (secondary N) is 2. The van der Waals surface area contributed by atoms with Gasteiger partial charge in [0.25, 0.3) is 5.91 Å². The van der Waals surface area contributed by atoms with Crippen LogP contribution in [-0.4, -0.2) is 24.5 Å². The van der Waals surface area contributed by atoms with Crippen molar-refractivity contribution in [2.45, 2.75) is 32.6 Å². The summed E-state index contributed by atoms with van der Waals surface area (Å²) in [7, 11) is 1.77. The van der Waals surface area contributed by atoms with E-state index in [1.807, 2.05) is 0 Å². The molecule has 110 valence electrons. The molecule has 0 radical (unpaired) electrons. The Bertz CT molecular complexity index is 478. The zero-order chi connectivity index (χ0) is 14.5. The van der Waals surface area contributed by atoms with Gasteiger partial charge in [-0.05, 0) is 24.3 Å². The Kier molecular flexibility index (Phi) is 5.24. The number of anilines is 1. The standard InChI is InChI=1S/C15H22ClN3O/c1-10-5-3-4-6-11(10)8-19-15(20)12-7-14(17-2)18-9-13(12)16/h7,9-11H,3-6,8H2,1-2H3,(H,17,18)(H,19,20). The Morgan fingerprint density at radius 2 is 2.20 bits per heavy atom. The van der Waals surface area contributed by atoms with Crippen LogP contribution in [0.3, 0.4) is 0 Å². The number of carbonyl (C=O) groups is 1. The third-order valence-electron chi connectivity index (χ3n) is 4.17. The maximum atomic E-state index is 12.2. The van der Waals surface area contributed by atoms with E-state index in [9.17, 15) is 4.79 Å². The van der Waals surface area contributed by atoms with Gasteiger partial charge in [-0.3, -0.25) is 4.79 Å². The topological polar surface area (TPSA) is 54.0 Å². The number of nitrogens with zero attached hydrogens (tertiary/aromatic N) is 1. The second-order valence-electron chi connectivity index (χ2n) is 5.53. The minimum absolute atomic E-state index is 0.119. The highest BCUT2D eigenvalue weighted by Gasteiger charge is 2.22. The number of hydrogen-bond donors (Lipinski definition) is 2. The van der Waals surface area contributed by atoms with E-state index in [2.05, 4.69) is 22.5 Å². The molecule has 1 amide bonds. The van der Waals surface area contributed by atoms with Crippen LogP contribution in [-0.2, 0) is 0 Å². The average Bonchev–Trinajstić information content (AvgIpc) is 2.46. The van der Waals surface area contributed by atoms with E-state index in [4.69, 9.17) is 11.6 Å². The Hall–Kier alpha value is -1.29. The molecular weight excluding hydrogens is 274 g/mol. The maximum Gasteiger partial charge on any atom is 0.253 e. The van der Waals surface area contributed by atoms with Crippen LogP contribution >= 0.6 is 11.6 Å². The van der Waals surface area contributed by atoms with Gasteiger partial charge in [-0.2, -0.15) is 0 Å². The van der Waals surface area contributed by atoms with Gasteiger partial charge in [-0.15, -0.1) is 0 Å². The fourth-order valence-electron chi connectivity index (χ4n) is 2.76. The molecule has 2 rings (SSSR count). The zero-order valence-corrected chi connectivity index (χ0v) is 12.8. The van der Waals surface area contributed by atoms with Crippen molar-refractivity contribution in [3.63, 3.8) is 0 Å². The quantitative estimate of drug-likeness (QED) is 0.896. The summed E-state index contributed by atoms with van der Waals surface area (Å²) < 4.78 is 0. The van der Waals surface area contributed by atoms with Crippen LogP contribution in [0.15, 0.2) is 12.3 Å². The lowest BCUT2D eigenvalue weighted by molar-refractivity contribution is 0.0936. The van der Waals surface area contributed by atoms with Crippen LogP contribution in [0.5, 0.6) is 0 Å². The van der Waals surface area contributed by atoms with E-state index in [1.165, 1.54) is 31.9 Å². The Balaban J connectivity index is 1.97. The second-order valence-corrected chi connectivity index (χ2v) is 5.94. The first-order chi connectivity index (χ1) is 9.61. The van der Waals surface area contributed by atoms with E-state index < -0.39 is 0 Å². The fraction of sp³-hybridized carbons (Fsp3) is 0.600. The highest BCUT2D eigenvalue weighted by molar-refractivity contribution is 6.33. The normalized spacial score (nSPS) is 22.4. The molecule has 0 aromatic carbocycles. The molecule has 0 saturated heterocycles. The highest BCUT2D eigenvalue weighted by atomic mass is 35.5. The van der Waals surface area contributed by atoms with Crippen molar-refractivity contribution < 1.29 is 4.79 Å². The summed E-state index contributed by atoms with van der Waals surface area (Å²) >= 11 is 6.05. The minimum atomic E-state index is -0.119. The summed E-state index contributed by atoms with van der Waals surface area (Å²) in [5.41, 5.74) is 0.481. The molecule has 2 N–H and O–H groups in total. The van der Waals surface area contributed by atoms with Crippen molar-refractivity contribution in [1.82, 2.24) is 10.3 Å². The average molecular weight is 296 g/mol. The van der Waals surface area contributed by atoms with Crippen LogP contribution < -0.4 is 10.6 Å². The molecule has 2 unspecified atom stereocenters. The number of halogens is 1. The van der Waals surface area contributed by atoms with Gasteiger partial charge in [-0.1, -0.05) is 37.8 Å². The van der Waals surface area contributed by atoms with Crippen molar-refractivity contribution >= 4 is 23.3 Å². The zero-order valence-electron chi connectivity index (χ0n) is 12.1. The highest BCUT2D eigenvalue weighted by Crippen LogP contribution is 2.29. The largest absolute Gasteiger partial charge is 0.373 e. The van der Waals surface area contributed by atoms with Crippen molar-refractivity contribution in [3.8, 4) is 0 Å². The molecular formula is C15H22ClN3O. The van der Waals surface area contributed by atoms with Crippen molar-refractivity contribution in [2.24, 2.45) is 11.8 Å². The van der Waals surface area contributed by atoms with Gasteiger partial charge in [0.1, 0.15) is 5.82 Å². The summed E-state index contributed by atoms with van der Waals surface area (Å²) in [5.74, 6) is 1.79. The summed E-state index contributed by atoms with van der Waals surface area (Å²) in [6.45, 7) is 3.00. The van der Waals surface area contributed by atoms with Crippen LogP contribution in [0.4, 0.5) is 5.82 Å². The molecule has 0 bridgehead atoms. The molecule has 1 aliphatic carbocycles. The number of hydrogen-bond acceptors (Lipinski definition) is 3. The number of aromatic nitrogens is 1. The molecule has 0 spiro atoms. The number of rotatable bonds is 4. The summed E-state index contributed by atoms with van der Waals surface area (Å²) in [5, 5.41) is 6.31. The molecule has 1 fully saturated rings. The first-order valence-electron chi connectivity index (χ1n) is 7.23. The lowest BCUT2D eigenvalue weighted by Gasteiger charge is -2.28. The van der Waals surface area contributed by atoms with Crippen LogP contribution in [0.25, 0.3) is 0 Å². The summed E-state index contributed by atoms with van der Waals surface area (Å²) in [6, 6.07) is 1.68. The van der Waals surface area contributed by atoms with Gasteiger partial charge < -0.3 is 10.6 Å². The Labute approximate surface area is 125 Å². The molecule has 1 aliphatic rings. The summed E-state index contributed by atoms with van der Waals surface area (Å²) in [6.07, 6.45) is 6.55. The van der Waals surface area contributed by atoms with Crippen LogP contribution in [0, 0.1) is 11.8 Å². The fourth-order valence-corrected chi connectivity index (χ4v) is 2.95. The van der Waals surface area contributed by atoms with Crippen molar-refractivity contribution in [1.29, 1.82) is 0 Å². The van der Waals surface area contributed by atoms with E-state index in [0.29, 0.717) is 28.2 Å². The number of pyridine rings is 1. The van der Waals surface area contributed by atoms with Gasteiger partial charge in [-0.25, -0.2) is 4.98 Å². The number of carbonyl (C=O) groups excluding carboxylic acids is 1. The molecule has 20 heavy (non-hydrogen) atoms. The molecule has 2 atom stereocenters. The predicted molar refractivity (Wildman–Crippen MR) is 82.2 cm³/mol. The maximum absolute atomic E-state index is 12.2. The van der Waals surface area contributed by atoms with Gasteiger partial charge in [0.05, 0.1) is 10.6 Å². The molecule has 1 aromatic heterocycles. The van der Waals surface area contributed by atoms with Crippen molar-refractivity contribution in [3.05, 3.63) is 22.8 Å². The van der Waals surface area contributed by atoms with E-state index in [1.54, 1.807) is 13.1 Å². The smallest absolute Gasteiger partial charge is 0.253 e. The van der Waals surface area contributed by atoms with Gasteiger partial charge in [0.2, 0.25) is 0 Å². The number of amides is 1. The molecule has 4 nitrogen and oxygen atoms in total. The minimum Gasteiger partial charge on any atom is -0.373 e.